The molecule has 1 saturated carbocycles. The van der Waals surface area contributed by atoms with Crippen molar-refractivity contribution in [1.29, 1.82) is 0 Å². The largest absolute Gasteiger partial charge is 0.383 e. The van der Waals surface area contributed by atoms with Gasteiger partial charge in [0.15, 0.2) is 5.96 Å². The molecule has 2 N–H and O–H groups in total. The van der Waals surface area contributed by atoms with Gasteiger partial charge in [-0.25, -0.2) is 18.1 Å². The Balaban J connectivity index is 0.00000341. The summed E-state index contributed by atoms with van der Waals surface area (Å²) in [4.78, 5) is 7.49. The second-order valence-electron chi connectivity index (χ2n) is 8.44. The summed E-state index contributed by atoms with van der Waals surface area (Å²) in [7, 11) is -2.00. The van der Waals surface area contributed by atoms with Crippen molar-refractivity contribution in [2.75, 3.05) is 39.9 Å². The number of guanidine groups is 1. The minimum absolute atomic E-state index is 0. The van der Waals surface area contributed by atoms with Crippen LogP contribution in [0.25, 0.3) is 0 Å². The van der Waals surface area contributed by atoms with E-state index in [1.807, 2.05) is 6.07 Å². The van der Waals surface area contributed by atoms with Crippen LogP contribution in [-0.4, -0.2) is 59.2 Å². The summed E-state index contributed by atoms with van der Waals surface area (Å²) in [6.45, 7) is 6.07. The molecule has 0 unspecified atom stereocenters. The lowest BCUT2D eigenvalue weighted by atomic mass is 9.73. The number of nitrogens with one attached hydrogen (secondary N) is 2. The summed E-state index contributed by atoms with van der Waals surface area (Å²) in [6.07, 6.45) is 7.98. The van der Waals surface area contributed by atoms with E-state index in [1.165, 1.54) is 38.5 Å². The van der Waals surface area contributed by atoms with E-state index >= 15 is 0 Å². The molecule has 2 aliphatic rings. The summed E-state index contributed by atoms with van der Waals surface area (Å²) in [5.74, 6) is 0.937. The van der Waals surface area contributed by atoms with Crippen molar-refractivity contribution in [1.82, 2.24) is 14.9 Å². The maximum absolute atomic E-state index is 12.5. The van der Waals surface area contributed by atoms with E-state index in [2.05, 4.69) is 21.9 Å². The van der Waals surface area contributed by atoms with E-state index in [1.54, 1.807) is 25.3 Å². The van der Waals surface area contributed by atoms with Gasteiger partial charge in [0.2, 0.25) is 10.0 Å². The number of halogens is 1. The first kappa shape index (κ1) is 26.3. The Labute approximate surface area is 204 Å². The van der Waals surface area contributed by atoms with Crippen LogP contribution in [0.4, 0.5) is 0 Å². The zero-order chi connectivity index (χ0) is 21.5. The Kier molecular flexibility index (Phi) is 10.5. The van der Waals surface area contributed by atoms with Gasteiger partial charge in [0.1, 0.15) is 0 Å². The molecule has 1 heterocycles. The van der Waals surface area contributed by atoms with Gasteiger partial charge in [-0.3, -0.25) is 0 Å². The predicted octanol–water partition coefficient (Wildman–Crippen LogP) is 3.35. The van der Waals surface area contributed by atoms with Crippen LogP contribution in [0, 0.1) is 5.41 Å². The minimum atomic E-state index is -3.54. The van der Waals surface area contributed by atoms with Gasteiger partial charge < -0.3 is 15.0 Å². The van der Waals surface area contributed by atoms with Crippen molar-refractivity contribution in [3.8, 4) is 0 Å². The molecule has 9 heteroatoms. The molecule has 0 aromatic heterocycles. The normalized spacial score (nSPS) is 18.8. The molecule has 1 aliphatic heterocycles. The number of nitrogens with zero attached hydrogens (tertiary/aromatic N) is 2. The SMILES string of the molecule is CCNC(=NCc1cccc(S(=O)(=O)NCCOC)c1)N1CCC2(CCCCC2)C1.I. The van der Waals surface area contributed by atoms with E-state index in [9.17, 15) is 8.42 Å². The third kappa shape index (κ3) is 7.30. The fourth-order valence-electron chi connectivity index (χ4n) is 4.59. The van der Waals surface area contributed by atoms with Crippen LogP contribution < -0.4 is 10.0 Å². The maximum Gasteiger partial charge on any atom is 0.240 e. The minimum Gasteiger partial charge on any atom is -0.383 e. The van der Waals surface area contributed by atoms with E-state index in [4.69, 9.17) is 9.73 Å². The van der Waals surface area contributed by atoms with Gasteiger partial charge in [-0.1, -0.05) is 31.4 Å². The fourth-order valence-corrected chi connectivity index (χ4v) is 5.67. The van der Waals surface area contributed by atoms with Crippen LogP contribution in [0.2, 0.25) is 0 Å². The number of likely N-dealkylation sites (tertiary alicyclic amines) is 1. The summed E-state index contributed by atoms with van der Waals surface area (Å²) in [6, 6.07) is 7.01. The van der Waals surface area contributed by atoms with E-state index in [0.29, 0.717) is 18.6 Å². The van der Waals surface area contributed by atoms with Gasteiger partial charge in [0, 0.05) is 33.3 Å². The molecule has 176 valence electrons. The van der Waals surface area contributed by atoms with Gasteiger partial charge in [-0.15, -0.1) is 24.0 Å². The van der Waals surface area contributed by atoms with Gasteiger partial charge in [0.05, 0.1) is 18.0 Å². The lowest BCUT2D eigenvalue weighted by molar-refractivity contribution is 0.203. The molecular formula is C22H37IN4O3S. The Morgan fingerprint density at radius 2 is 2.00 bits per heavy atom. The van der Waals surface area contributed by atoms with Crippen molar-refractivity contribution in [2.45, 2.75) is 56.9 Å². The molecule has 1 aromatic rings. The first-order valence-corrected chi connectivity index (χ1v) is 12.6. The van der Waals surface area contributed by atoms with Crippen molar-refractivity contribution in [3.05, 3.63) is 29.8 Å². The van der Waals surface area contributed by atoms with E-state index < -0.39 is 10.0 Å². The quantitative estimate of drug-likeness (QED) is 0.219. The average Bonchev–Trinajstić information content (AvgIpc) is 3.15. The number of aliphatic imine (C=N–C) groups is 1. The van der Waals surface area contributed by atoms with Gasteiger partial charge in [-0.05, 0) is 49.3 Å². The predicted molar refractivity (Wildman–Crippen MR) is 135 cm³/mol. The Bertz CT molecular complexity index is 826. The second kappa shape index (κ2) is 12.4. The summed E-state index contributed by atoms with van der Waals surface area (Å²) < 4.78 is 32.4. The van der Waals surface area contributed by atoms with Gasteiger partial charge in [0.25, 0.3) is 0 Å². The Morgan fingerprint density at radius 1 is 1.23 bits per heavy atom. The van der Waals surface area contributed by atoms with Crippen LogP contribution >= 0.6 is 24.0 Å². The van der Waals surface area contributed by atoms with Crippen LogP contribution in [0.1, 0.15) is 51.0 Å². The van der Waals surface area contributed by atoms with Crippen LogP contribution in [0.15, 0.2) is 34.2 Å². The standard InChI is InChI=1S/C22H36N4O3S.HI/c1-3-23-21(26-14-12-22(18-26)10-5-4-6-11-22)24-17-19-8-7-9-20(16-19)30(27,28)25-13-15-29-2;/h7-9,16,25H,3-6,10-15,17-18H2,1-2H3,(H,23,24);1H. The third-order valence-electron chi connectivity index (χ3n) is 6.21. The number of methoxy groups -OCH3 is 1. The smallest absolute Gasteiger partial charge is 0.240 e. The summed E-state index contributed by atoms with van der Waals surface area (Å²) in [5.41, 5.74) is 1.35. The number of ether oxygens (including phenoxy) is 1. The highest BCUT2D eigenvalue weighted by Crippen LogP contribution is 2.43. The highest BCUT2D eigenvalue weighted by Gasteiger charge is 2.39. The second-order valence-corrected chi connectivity index (χ2v) is 10.2. The van der Waals surface area contributed by atoms with Crippen LogP contribution in [0.5, 0.6) is 0 Å². The highest BCUT2D eigenvalue weighted by atomic mass is 127. The average molecular weight is 565 g/mol. The zero-order valence-corrected chi connectivity index (χ0v) is 21.9. The van der Waals surface area contributed by atoms with Gasteiger partial charge in [-0.2, -0.15) is 0 Å². The molecule has 0 amide bonds. The summed E-state index contributed by atoms with van der Waals surface area (Å²) in [5, 5.41) is 3.43. The Hall–Kier alpha value is -0.910. The van der Waals surface area contributed by atoms with E-state index in [0.717, 1.165) is 31.2 Å². The first-order chi connectivity index (χ1) is 14.5. The number of hydrogen-bond acceptors (Lipinski definition) is 4. The molecule has 2 fully saturated rings. The van der Waals surface area contributed by atoms with Crippen molar-refractivity contribution < 1.29 is 13.2 Å². The third-order valence-corrected chi connectivity index (χ3v) is 7.66. The molecule has 1 aromatic carbocycles. The molecule has 0 atom stereocenters. The van der Waals surface area contributed by atoms with E-state index in [-0.39, 0.29) is 35.4 Å². The fraction of sp³-hybridized carbons (Fsp3) is 0.682. The van der Waals surface area contributed by atoms with Crippen LogP contribution in [-0.2, 0) is 21.3 Å². The molecule has 0 bridgehead atoms. The monoisotopic (exact) mass is 564 g/mol. The number of hydrogen-bond donors (Lipinski definition) is 2. The lowest BCUT2D eigenvalue weighted by Crippen LogP contribution is -2.41. The molecule has 7 nitrogen and oxygen atoms in total. The number of benzene rings is 1. The lowest BCUT2D eigenvalue weighted by Gasteiger charge is -2.33. The van der Waals surface area contributed by atoms with Crippen molar-refractivity contribution >= 4 is 40.0 Å². The maximum atomic E-state index is 12.5. The van der Waals surface area contributed by atoms with Crippen molar-refractivity contribution in [2.24, 2.45) is 10.4 Å². The Morgan fingerprint density at radius 3 is 2.71 bits per heavy atom. The van der Waals surface area contributed by atoms with Crippen molar-refractivity contribution in [3.63, 3.8) is 0 Å². The summed E-state index contributed by atoms with van der Waals surface area (Å²) >= 11 is 0. The number of rotatable bonds is 8. The molecule has 0 radical (unpaired) electrons. The zero-order valence-electron chi connectivity index (χ0n) is 18.7. The molecule has 3 rings (SSSR count). The molecule has 1 saturated heterocycles. The molecule has 31 heavy (non-hydrogen) atoms. The number of sulfonamides is 1. The molecule has 1 aliphatic carbocycles. The van der Waals surface area contributed by atoms with Crippen LogP contribution in [0.3, 0.4) is 0 Å². The molecule has 1 spiro atoms. The first-order valence-electron chi connectivity index (χ1n) is 11.1. The highest BCUT2D eigenvalue weighted by molar-refractivity contribution is 14.0. The van der Waals surface area contributed by atoms with Gasteiger partial charge >= 0.3 is 0 Å². The molecular weight excluding hydrogens is 527 g/mol. The topological polar surface area (TPSA) is 83.0 Å².